The molecule has 0 fully saturated rings. The van der Waals surface area contributed by atoms with Gasteiger partial charge in [-0.25, -0.2) is 13.9 Å². The summed E-state index contributed by atoms with van der Waals surface area (Å²) < 4.78 is 20.4. The average molecular weight is 557 g/mol. The van der Waals surface area contributed by atoms with Crippen molar-refractivity contribution in [2.75, 3.05) is 11.9 Å². The molecule has 1 atom stereocenters. The molecule has 0 saturated carbocycles. The molecule has 0 aliphatic carbocycles. The van der Waals surface area contributed by atoms with E-state index in [1.165, 1.54) is 26.2 Å². The third kappa shape index (κ3) is 5.96. The van der Waals surface area contributed by atoms with Gasteiger partial charge in [-0.2, -0.15) is 14.7 Å². The summed E-state index contributed by atoms with van der Waals surface area (Å²) in [4.78, 5) is 22.1. The molecule has 5 aromatic rings. The van der Waals surface area contributed by atoms with Crippen molar-refractivity contribution in [1.82, 2.24) is 29.3 Å². The number of carbonyl (C=O) groups excluding carboxylic acids is 1. The summed E-state index contributed by atoms with van der Waals surface area (Å²) >= 11 is 1.15. The van der Waals surface area contributed by atoms with E-state index in [2.05, 4.69) is 36.1 Å². The van der Waals surface area contributed by atoms with Gasteiger partial charge >= 0.3 is 0 Å². The standard InChI is InChI=1S/C28H25FN8O2S/c1-28(2,39)24(29)16-32-26(38)20-15-31-22(23-9-8-19-10-18(13-30)14-33-37(19)23)12-21(20)34-27-35-25(36-40-27)11-17-6-4-3-5-7-17/h3-10,12,14-15,24,39H,11,16H2,1-2H3,(H,32,38)(H,31,34,35,36). The van der Waals surface area contributed by atoms with Gasteiger partial charge in [0, 0.05) is 24.2 Å². The Labute approximate surface area is 233 Å². The molecular weight excluding hydrogens is 531 g/mol. The highest BCUT2D eigenvalue weighted by Crippen LogP contribution is 2.28. The van der Waals surface area contributed by atoms with Crippen LogP contribution >= 0.6 is 11.5 Å². The van der Waals surface area contributed by atoms with E-state index in [9.17, 15) is 19.6 Å². The first-order valence-electron chi connectivity index (χ1n) is 12.4. The molecule has 4 heterocycles. The molecule has 12 heteroatoms. The van der Waals surface area contributed by atoms with Gasteiger partial charge in [-0.1, -0.05) is 30.3 Å². The first-order valence-corrected chi connectivity index (χ1v) is 13.1. The predicted molar refractivity (Wildman–Crippen MR) is 149 cm³/mol. The molecule has 202 valence electrons. The lowest BCUT2D eigenvalue weighted by molar-refractivity contribution is -0.00177. The summed E-state index contributed by atoms with van der Waals surface area (Å²) in [7, 11) is 0. The third-order valence-corrected chi connectivity index (χ3v) is 6.83. The monoisotopic (exact) mass is 556 g/mol. The Morgan fingerprint density at radius 2 is 2.00 bits per heavy atom. The SMILES string of the molecule is CC(C)(O)C(F)CNC(=O)c1cnc(-c2ccc3cc(C#N)cnn23)cc1Nc1nc(Cc2ccccc2)ns1. The number of nitrogens with one attached hydrogen (secondary N) is 2. The third-order valence-electron chi connectivity index (χ3n) is 6.16. The second-order valence-electron chi connectivity index (χ2n) is 9.66. The zero-order valence-electron chi connectivity index (χ0n) is 21.7. The summed E-state index contributed by atoms with van der Waals surface area (Å²) in [5.74, 6) is 0.0544. The lowest BCUT2D eigenvalue weighted by Gasteiger charge is -2.22. The lowest BCUT2D eigenvalue weighted by Crippen LogP contribution is -2.42. The minimum Gasteiger partial charge on any atom is -0.387 e. The molecule has 0 saturated heterocycles. The van der Waals surface area contributed by atoms with Crippen LogP contribution in [0.25, 0.3) is 16.9 Å². The van der Waals surface area contributed by atoms with Crippen molar-refractivity contribution in [2.24, 2.45) is 0 Å². The van der Waals surface area contributed by atoms with E-state index in [1.54, 1.807) is 16.6 Å². The van der Waals surface area contributed by atoms with Crippen LogP contribution in [-0.4, -0.2) is 53.3 Å². The number of carbonyl (C=O) groups is 1. The van der Waals surface area contributed by atoms with Gasteiger partial charge in [0.15, 0.2) is 0 Å². The van der Waals surface area contributed by atoms with Gasteiger partial charge in [0.05, 0.1) is 52.1 Å². The minimum atomic E-state index is -1.67. The summed E-state index contributed by atoms with van der Waals surface area (Å²) in [5.41, 5.74) is 2.29. The van der Waals surface area contributed by atoms with Crippen molar-refractivity contribution in [3.8, 4) is 17.5 Å². The molecule has 3 N–H and O–H groups in total. The van der Waals surface area contributed by atoms with E-state index >= 15 is 0 Å². The Morgan fingerprint density at radius 3 is 2.75 bits per heavy atom. The summed E-state index contributed by atoms with van der Waals surface area (Å²) in [6.45, 7) is 2.30. The molecule has 0 aliphatic heterocycles. The van der Waals surface area contributed by atoms with E-state index in [0.717, 1.165) is 17.1 Å². The van der Waals surface area contributed by atoms with Crippen molar-refractivity contribution in [3.05, 3.63) is 89.5 Å². The van der Waals surface area contributed by atoms with E-state index in [-0.39, 0.29) is 12.1 Å². The molecule has 1 unspecified atom stereocenters. The van der Waals surface area contributed by atoms with Crippen LogP contribution in [0, 0.1) is 11.3 Å². The van der Waals surface area contributed by atoms with Crippen LogP contribution in [0.4, 0.5) is 15.2 Å². The minimum absolute atomic E-state index is 0.159. The number of nitrogens with zero attached hydrogens (tertiary/aromatic N) is 6. The summed E-state index contributed by atoms with van der Waals surface area (Å²) in [6.07, 6.45) is 1.73. The second kappa shape index (κ2) is 11.2. The number of aliphatic hydroxyl groups is 1. The number of hydrogen-bond acceptors (Lipinski definition) is 9. The van der Waals surface area contributed by atoms with Gasteiger partial charge in [0.25, 0.3) is 5.91 Å². The zero-order chi connectivity index (χ0) is 28.3. The normalized spacial score (nSPS) is 12.2. The van der Waals surface area contributed by atoms with E-state index in [4.69, 9.17) is 0 Å². The highest BCUT2D eigenvalue weighted by Gasteiger charge is 2.27. The number of alkyl halides is 1. The Kier molecular flexibility index (Phi) is 7.50. The van der Waals surface area contributed by atoms with Crippen LogP contribution in [-0.2, 0) is 6.42 Å². The summed E-state index contributed by atoms with van der Waals surface area (Å²) in [5, 5.41) is 29.6. The maximum absolute atomic E-state index is 14.3. The van der Waals surface area contributed by atoms with Gasteiger partial charge < -0.3 is 15.7 Å². The molecule has 0 bridgehead atoms. The largest absolute Gasteiger partial charge is 0.387 e. The topological polar surface area (TPSA) is 141 Å². The molecule has 0 spiro atoms. The molecular formula is C28H25FN8O2S. The van der Waals surface area contributed by atoms with Crippen molar-refractivity contribution < 1.29 is 14.3 Å². The average Bonchev–Trinajstić information content (AvgIpc) is 3.57. The van der Waals surface area contributed by atoms with Crippen molar-refractivity contribution in [1.29, 1.82) is 5.26 Å². The highest BCUT2D eigenvalue weighted by molar-refractivity contribution is 7.09. The second-order valence-corrected chi connectivity index (χ2v) is 10.4. The van der Waals surface area contributed by atoms with Crippen molar-refractivity contribution in [2.45, 2.75) is 32.0 Å². The van der Waals surface area contributed by atoms with Gasteiger partial charge in [0.1, 0.15) is 18.1 Å². The van der Waals surface area contributed by atoms with E-state index < -0.39 is 17.7 Å². The highest BCUT2D eigenvalue weighted by atomic mass is 32.1. The number of hydrogen-bond donors (Lipinski definition) is 3. The molecule has 5 rings (SSSR count). The van der Waals surface area contributed by atoms with Crippen LogP contribution in [0.2, 0.25) is 0 Å². The van der Waals surface area contributed by atoms with Gasteiger partial charge in [-0.15, -0.1) is 0 Å². The van der Waals surface area contributed by atoms with Crippen molar-refractivity contribution >= 4 is 33.8 Å². The number of anilines is 2. The van der Waals surface area contributed by atoms with Gasteiger partial charge in [-0.05, 0) is 43.7 Å². The smallest absolute Gasteiger partial charge is 0.255 e. The Hall–Kier alpha value is -4.73. The predicted octanol–water partition coefficient (Wildman–Crippen LogP) is 4.29. The number of rotatable bonds is 9. The summed E-state index contributed by atoms with van der Waals surface area (Å²) in [6, 6.07) is 18.9. The van der Waals surface area contributed by atoms with Crippen LogP contribution < -0.4 is 10.6 Å². The van der Waals surface area contributed by atoms with Crippen LogP contribution in [0.1, 0.15) is 41.2 Å². The van der Waals surface area contributed by atoms with Crippen LogP contribution in [0.15, 0.2) is 67.0 Å². The molecule has 0 aliphatic rings. The first kappa shape index (κ1) is 26.9. The maximum Gasteiger partial charge on any atom is 0.255 e. The number of pyridine rings is 1. The van der Waals surface area contributed by atoms with Gasteiger partial charge in [-0.3, -0.25) is 9.78 Å². The Balaban J connectivity index is 1.46. The molecule has 1 aromatic carbocycles. The van der Waals surface area contributed by atoms with E-state index in [1.807, 2.05) is 42.5 Å². The van der Waals surface area contributed by atoms with Crippen LogP contribution in [0.3, 0.4) is 0 Å². The lowest BCUT2D eigenvalue weighted by atomic mass is 10.0. The number of nitriles is 1. The zero-order valence-corrected chi connectivity index (χ0v) is 22.5. The Bertz CT molecular complexity index is 1710. The molecule has 1 amide bonds. The number of aromatic nitrogens is 5. The van der Waals surface area contributed by atoms with Crippen molar-refractivity contribution in [3.63, 3.8) is 0 Å². The number of fused-ring (bicyclic) bond motifs is 1. The maximum atomic E-state index is 14.3. The molecule has 40 heavy (non-hydrogen) atoms. The Morgan fingerprint density at radius 1 is 1.20 bits per heavy atom. The molecule has 0 radical (unpaired) electrons. The molecule has 4 aromatic heterocycles. The van der Waals surface area contributed by atoms with Gasteiger partial charge in [0.2, 0.25) is 5.13 Å². The fourth-order valence-electron chi connectivity index (χ4n) is 3.93. The number of amides is 1. The fourth-order valence-corrected chi connectivity index (χ4v) is 4.53. The first-order chi connectivity index (χ1) is 19.2. The molecule has 10 nitrogen and oxygen atoms in total. The quantitative estimate of drug-likeness (QED) is 0.244. The van der Waals surface area contributed by atoms with E-state index in [0.29, 0.717) is 45.5 Å². The fraction of sp³-hybridized carbons (Fsp3) is 0.214. The van der Waals surface area contributed by atoms with Crippen LogP contribution in [0.5, 0.6) is 0 Å². The number of halogens is 1. The number of benzene rings is 1.